The molecule has 0 saturated heterocycles. The zero-order valence-corrected chi connectivity index (χ0v) is 14.5. The average Bonchev–Trinajstić information content (AvgIpc) is 2.34. The van der Waals surface area contributed by atoms with E-state index in [-0.39, 0.29) is 10.7 Å². The highest BCUT2D eigenvalue weighted by atomic mass is 32.2. The zero-order valence-electron chi connectivity index (χ0n) is 13.7. The Hall–Kier alpha value is -0.390. The molecule has 0 amide bonds. The van der Waals surface area contributed by atoms with Gasteiger partial charge in [-0.1, -0.05) is 46.3 Å². The Labute approximate surface area is 124 Å². The third kappa shape index (κ3) is 4.57. The summed E-state index contributed by atoms with van der Waals surface area (Å²) in [6.07, 6.45) is 2.93. The summed E-state index contributed by atoms with van der Waals surface area (Å²) in [7, 11) is -3.20. The Kier molecular flexibility index (Phi) is 5.81. The van der Waals surface area contributed by atoms with Gasteiger partial charge in [-0.05, 0) is 18.8 Å². The highest BCUT2D eigenvalue weighted by Gasteiger charge is 2.31. The van der Waals surface area contributed by atoms with E-state index in [0.717, 1.165) is 6.42 Å². The molecule has 1 unspecified atom stereocenters. The van der Waals surface area contributed by atoms with Gasteiger partial charge in [-0.15, -0.1) is 0 Å². The maximum absolute atomic E-state index is 12.5. The molecule has 118 valence electrons. The Balaban J connectivity index is 2.70. The van der Waals surface area contributed by atoms with Gasteiger partial charge in [0.25, 0.3) is 0 Å². The smallest absolute Gasteiger partial charge is 0.218 e. The summed E-state index contributed by atoms with van der Waals surface area (Å²) in [6, 6.07) is 0.307. The van der Waals surface area contributed by atoms with Crippen molar-refractivity contribution in [2.45, 2.75) is 59.3 Å². The van der Waals surface area contributed by atoms with Crippen molar-refractivity contribution in [3.05, 3.63) is 11.6 Å². The number of nitrogens with one attached hydrogen (secondary N) is 1. The van der Waals surface area contributed by atoms with Gasteiger partial charge in [-0.25, -0.2) is 8.42 Å². The standard InChI is InChI=1S/C15H30N2O2S/c1-12(2)16-11-13(3)20(18,19)17-9-7-14(8-10-17)15(4,5)6/h7,12-13,16H,8-11H2,1-6H3. The molecule has 0 radical (unpaired) electrons. The van der Waals surface area contributed by atoms with E-state index >= 15 is 0 Å². The van der Waals surface area contributed by atoms with Crippen LogP contribution in [-0.2, 0) is 10.0 Å². The molecule has 5 heteroatoms. The molecule has 0 aromatic rings. The number of hydrogen-bond donors (Lipinski definition) is 1. The normalized spacial score (nSPS) is 20.1. The molecule has 1 atom stereocenters. The van der Waals surface area contributed by atoms with E-state index in [1.54, 1.807) is 11.2 Å². The molecular formula is C15H30N2O2S. The summed E-state index contributed by atoms with van der Waals surface area (Å²) in [4.78, 5) is 0. The molecule has 4 nitrogen and oxygen atoms in total. The molecule has 1 aliphatic heterocycles. The van der Waals surface area contributed by atoms with Crippen LogP contribution in [0, 0.1) is 5.41 Å². The maximum atomic E-state index is 12.5. The number of nitrogens with zero attached hydrogens (tertiary/aromatic N) is 1. The minimum atomic E-state index is -3.20. The minimum Gasteiger partial charge on any atom is -0.313 e. The Morgan fingerprint density at radius 2 is 1.90 bits per heavy atom. The summed E-state index contributed by atoms with van der Waals surface area (Å²) in [5, 5.41) is 2.82. The maximum Gasteiger partial charge on any atom is 0.218 e. The second kappa shape index (κ2) is 6.58. The molecule has 0 bridgehead atoms. The van der Waals surface area contributed by atoms with Crippen molar-refractivity contribution in [2.75, 3.05) is 19.6 Å². The first-order valence-electron chi connectivity index (χ1n) is 7.47. The number of rotatable bonds is 5. The van der Waals surface area contributed by atoms with Crippen molar-refractivity contribution >= 4 is 10.0 Å². The lowest BCUT2D eigenvalue weighted by Crippen LogP contribution is -2.45. The molecule has 1 heterocycles. The lowest BCUT2D eigenvalue weighted by molar-refractivity contribution is 0.384. The molecule has 20 heavy (non-hydrogen) atoms. The Bertz CT molecular complexity index is 447. The highest BCUT2D eigenvalue weighted by molar-refractivity contribution is 7.89. The quantitative estimate of drug-likeness (QED) is 0.793. The van der Waals surface area contributed by atoms with Crippen LogP contribution in [0.1, 0.15) is 48.0 Å². The van der Waals surface area contributed by atoms with E-state index in [4.69, 9.17) is 0 Å². The Morgan fingerprint density at radius 1 is 1.30 bits per heavy atom. The van der Waals surface area contributed by atoms with Crippen molar-refractivity contribution in [1.29, 1.82) is 0 Å². The van der Waals surface area contributed by atoms with Crippen molar-refractivity contribution in [3.63, 3.8) is 0 Å². The van der Waals surface area contributed by atoms with Gasteiger partial charge in [0.2, 0.25) is 10.0 Å². The van der Waals surface area contributed by atoms with Crippen LogP contribution in [0.5, 0.6) is 0 Å². The van der Waals surface area contributed by atoms with E-state index in [1.165, 1.54) is 5.57 Å². The van der Waals surface area contributed by atoms with Crippen LogP contribution in [0.15, 0.2) is 11.6 Å². The van der Waals surface area contributed by atoms with Gasteiger partial charge < -0.3 is 5.32 Å². The van der Waals surface area contributed by atoms with Crippen LogP contribution in [-0.4, -0.2) is 43.6 Å². The summed E-state index contributed by atoms with van der Waals surface area (Å²) >= 11 is 0. The fourth-order valence-corrected chi connectivity index (χ4v) is 3.77. The second-order valence-corrected chi connectivity index (χ2v) is 9.36. The average molecular weight is 302 g/mol. The molecule has 1 aliphatic rings. The summed E-state index contributed by atoms with van der Waals surface area (Å²) < 4.78 is 26.6. The molecule has 0 saturated carbocycles. The third-order valence-electron chi connectivity index (χ3n) is 3.82. The number of hydrogen-bond acceptors (Lipinski definition) is 3. The van der Waals surface area contributed by atoms with Crippen molar-refractivity contribution in [2.24, 2.45) is 5.41 Å². The van der Waals surface area contributed by atoms with Crippen molar-refractivity contribution in [3.8, 4) is 0 Å². The molecule has 0 aromatic heterocycles. The van der Waals surface area contributed by atoms with Gasteiger partial charge in [0.15, 0.2) is 0 Å². The monoisotopic (exact) mass is 302 g/mol. The Morgan fingerprint density at radius 3 is 2.30 bits per heavy atom. The first-order chi connectivity index (χ1) is 9.05. The second-order valence-electron chi connectivity index (χ2n) is 7.01. The van der Waals surface area contributed by atoms with E-state index in [9.17, 15) is 8.42 Å². The predicted octanol–water partition coefficient (Wildman–Crippen LogP) is 2.38. The first-order valence-corrected chi connectivity index (χ1v) is 8.97. The fraction of sp³-hybridized carbons (Fsp3) is 0.867. The third-order valence-corrected chi connectivity index (χ3v) is 6.05. The zero-order chi connectivity index (χ0) is 15.6. The highest BCUT2D eigenvalue weighted by Crippen LogP contribution is 2.31. The van der Waals surface area contributed by atoms with Crippen LogP contribution < -0.4 is 5.32 Å². The van der Waals surface area contributed by atoms with Crippen molar-refractivity contribution in [1.82, 2.24) is 9.62 Å². The van der Waals surface area contributed by atoms with E-state index in [1.807, 2.05) is 13.8 Å². The largest absolute Gasteiger partial charge is 0.313 e. The van der Waals surface area contributed by atoms with Gasteiger partial charge in [0.1, 0.15) is 0 Å². The fourth-order valence-electron chi connectivity index (χ4n) is 2.32. The SMILES string of the molecule is CC(C)NCC(C)S(=O)(=O)N1CC=C(C(C)(C)C)CC1. The molecule has 0 aromatic carbocycles. The summed E-state index contributed by atoms with van der Waals surface area (Å²) in [5.74, 6) is 0. The molecule has 0 fully saturated rings. The van der Waals surface area contributed by atoms with Crippen LogP contribution >= 0.6 is 0 Å². The molecule has 1 N–H and O–H groups in total. The van der Waals surface area contributed by atoms with Gasteiger partial charge in [0.05, 0.1) is 5.25 Å². The van der Waals surface area contributed by atoms with Crippen LogP contribution in [0.3, 0.4) is 0 Å². The van der Waals surface area contributed by atoms with E-state index < -0.39 is 10.0 Å². The lowest BCUT2D eigenvalue weighted by Gasteiger charge is -2.33. The van der Waals surface area contributed by atoms with Gasteiger partial charge >= 0.3 is 0 Å². The van der Waals surface area contributed by atoms with Gasteiger partial charge in [-0.2, -0.15) is 4.31 Å². The van der Waals surface area contributed by atoms with Gasteiger partial charge in [-0.3, -0.25) is 0 Å². The summed E-state index contributed by atoms with van der Waals surface area (Å²) in [5.41, 5.74) is 1.50. The van der Waals surface area contributed by atoms with Crippen LogP contribution in [0.4, 0.5) is 0 Å². The molecule has 1 rings (SSSR count). The van der Waals surface area contributed by atoms with Gasteiger partial charge in [0, 0.05) is 25.7 Å². The first kappa shape index (κ1) is 17.7. The lowest BCUT2D eigenvalue weighted by atomic mass is 9.83. The topological polar surface area (TPSA) is 49.4 Å². The summed E-state index contributed by atoms with van der Waals surface area (Å²) in [6.45, 7) is 14.0. The van der Waals surface area contributed by atoms with Crippen molar-refractivity contribution < 1.29 is 8.42 Å². The minimum absolute atomic E-state index is 0.140. The van der Waals surface area contributed by atoms with Crippen LogP contribution in [0.2, 0.25) is 0 Å². The van der Waals surface area contributed by atoms with E-state index in [0.29, 0.717) is 25.7 Å². The van der Waals surface area contributed by atoms with E-state index in [2.05, 4.69) is 32.2 Å². The molecule has 0 aliphatic carbocycles. The molecule has 0 spiro atoms. The molecular weight excluding hydrogens is 272 g/mol. The number of sulfonamides is 1. The van der Waals surface area contributed by atoms with Crippen LogP contribution in [0.25, 0.3) is 0 Å². The predicted molar refractivity (Wildman–Crippen MR) is 85.2 cm³/mol.